The van der Waals surface area contributed by atoms with Crippen LogP contribution >= 0.6 is 0 Å². The number of amides is 2. The minimum absolute atomic E-state index is 0.0683. The van der Waals surface area contributed by atoms with Crippen molar-refractivity contribution in [1.29, 1.82) is 0 Å². The van der Waals surface area contributed by atoms with Crippen molar-refractivity contribution in [3.8, 4) is 0 Å². The average Bonchev–Trinajstić information content (AvgIpc) is 2.62. The van der Waals surface area contributed by atoms with E-state index in [1.54, 1.807) is 43.3 Å². The molecule has 7 heteroatoms. The number of carbonyl (C=O) groups excluding carboxylic acids is 4. The second kappa shape index (κ2) is 9.28. The summed E-state index contributed by atoms with van der Waals surface area (Å²) in [5.41, 5.74) is 1.88. The molecular weight excluding hydrogens is 348 g/mol. The highest BCUT2D eigenvalue weighted by molar-refractivity contribution is 6.08. The van der Waals surface area contributed by atoms with Gasteiger partial charge in [0.15, 0.2) is 5.78 Å². The van der Waals surface area contributed by atoms with E-state index >= 15 is 0 Å². The van der Waals surface area contributed by atoms with Crippen LogP contribution in [-0.2, 0) is 14.3 Å². The monoisotopic (exact) mass is 368 g/mol. The Morgan fingerprint density at radius 1 is 0.778 bits per heavy atom. The van der Waals surface area contributed by atoms with Gasteiger partial charge >= 0.3 is 5.97 Å². The third kappa shape index (κ3) is 6.07. The highest BCUT2D eigenvalue weighted by atomic mass is 16.5. The number of rotatable bonds is 7. The Kier molecular flexibility index (Phi) is 6.82. The van der Waals surface area contributed by atoms with Gasteiger partial charge in [-0.1, -0.05) is 0 Å². The molecule has 0 aliphatic carbocycles. The molecule has 140 valence electrons. The molecule has 0 heterocycles. The fourth-order valence-electron chi connectivity index (χ4n) is 2.25. The zero-order chi connectivity index (χ0) is 19.8. The van der Waals surface area contributed by atoms with Crippen molar-refractivity contribution in [3.63, 3.8) is 0 Å². The molecule has 2 aromatic rings. The first kappa shape index (κ1) is 19.8. The molecule has 0 spiro atoms. The van der Waals surface area contributed by atoms with Crippen LogP contribution in [0.4, 0.5) is 11.4 Å². The number of hydrogen-bond acceptors (Lipinski definition) is 5. The zero-order valence-electron chi connectivity index (χ0n) is 15.1. The summed E-state index contributed by atoms with van der Waals surface area (Å²) in [4.78, 5) is 46.7. The Bertz CT molecular complexity index is 842. The smallest absolute Gasteiger partial charge is 0.338 e. The molecule has 0 atom stereocenters. The lowest BCUT2D eigenvalue weighted by Gasteiger charge is -2.08. The van der Waals surface area contributed by atoms with Gasteiger partial charge in [-0.2, -0.15) is 0 Å². The molecule has 0 bridgehead atoms. The van der Waals surface area contributed by atoms with Crippen LogP contribution in [0.15, 0.2) is 48.5 Å². The van der Waals surface area contributed by atoms with Crippen molar-refractivity contribution < 1.29 is 23.9 Å². The summed E-state index contributed by atoms with van der Waals surface area (Å²) in [7, 11) is 0. The summed E-state index contributed by atoms with van der Waals surface area (Å²) in [6.45, 7) is 3.45. The maximum Gasteiger partial charge on any atom is 0.338 e. The molecule has 27 heavy (non-hydrogen) atoms. The number of hydrogen-bond donors (Lipinski definition) is 2. The molecule has 0 saturated carbocycles. The number of esters is 1. The van der Waals surface area contributed by atoms with Gasteiger partial charge in [-0.3, -0.25) is 14.4 Å². The van der Waals surface area contributed by atoms with Crippen LogP contribution in [-0.4, -0.2) is 30.2 Å². The van der Waals surface area contributed by atoms with Gasteiger partial charge in [0.25, 0.3) is 0 Å². The molecular formula is C20H20N2O5. The van der Waals surface area contributed by atoms with Crippen LogP contribution in [0.5, 0.6) is 0 Å². The summed E-state index contributed by atoms with van der Waals surface area (Å²) in [5.74, 6) is -1.48. The Balaban J connectivity index is 1.86. The average molecular weight is 368 g/mol. The molecule has 0 radical (unpaired) electrons. The predicted molar refractivity (Wildman–Crippen MR) is 101 cm³/mol. The first-order valence-electron chi connectivity index (χ1n) is 8.37. The Labute approximate surface area is 156 Å². The molecule has 7 nitrogen and oxygen atoms in total. The van der Waals surface area contributed by atoms with Crippen LogP contribution in [0.1, 0.15) is 41.0 Å². The quantitative estimate of drug-likeness (QED) is 0.444. The predicted octanol–water partition coefficient (Wildman–Crippen LogP) is 3.03. The Morgan fingerprint density at radius 3 is 1.63 bits per heavy atom. The van der Waals surface area contributed by atoms with E-state index in [1.807, 2.05) is 0 Å². The highest BCUT2D eigenvalue weighted by Crippen LogP contribution is 2.12. The molecule has 2 aromatic carbocycles. The van der Waals surface area contributed by atoms with Crippen LogP contribution < -0.4 is 10.6 Å². The molecule has 0 aromatic heterocycles. The van der Waals surface area contributed by atoms with E-state index in [4.69, 9.17) is 4.74 Å². The fourth-order valence-corrected chi connectivity index (χ4v) is 2.25. The van der Waals surface area contributed by atoms with Gasteiger partial charge < -0.3 is 15.4 Å². The van der Waals surface area contributed by atoms with Crippen LogP contribution in [0.3, 0.4) is 0 Å². The van der Waals surface area contributed by atoms with Crippen LogP contribution in [0, 0.1) is 0 Å². The van der Waals surface area contributed by atoms with E-state index in [9.17, 15) is 19.2 Å². The summed E-state index contributed by atoms with van der Waals surface area (Å²) in [6, 6.07) is 12.6. The van der Waals surface area contributed by atoms with Crippen molar-refractivity contribution in [2.45, 2.75) is 20.3 Å². The fraction of sp³-hybridized carbons (Fsp3) is 0.200. The normalized spacial score (nSPS) is 10.0. The first-order valence-corrected chi connectivity index (χ1v) is 8.37. The molecule has 0 aliphatic rings. The van der Waals surface area contributed by atoms with Gasteiger partial charge in [0.05, 0.1) is 12.2 Å². The number of nitrogens with one attached hydrogen (secondary N) is 2. The van der Waals surface area contributed by atoms with Gasteiger partial charge in [0, 0.05) is 16.9 Å². The molecule has 0 aliphatic heterocycles. The molecule has 2 N–H and O–H groups in total. The standard InChI is InChI=1S/C20H20N2O5/c1-3-27-20(26)15-6-10-17(11-7-15)22-19(25)12-18(24)21-16-8-4-14(5-9-16)13(2)23/h4-11H,3,12H2,1-2H3,(H,21,24)(H,22,25). The van der Waals surface area contributed by atoms with Crippen molar-refractivity contribution in [2.75, 3.05) is 17.2 Å². The number of benzene rings is 2. The Morgan fingerprint density at radius 2 is 1.22 bits per heavy atom. The van der Waals surface area contributed by atoms with Crippen LogP contribution in [0.25, 0.3) is 0 Å². The summed E-state index contributed by atoms with van der Waals surface area (Å²) in [5, 5.41) is 5.17. The van der Waals surface area contributed by atoms with E-state index in [1.165, 1.54) is 19.1 Å². The number of anilines is 2. The van der Waals surface area contributed by atoms with Gasteiger partial charge in [-0.15, -0.1) is 0 Å². The van der Waals surface area contributed by atoms with Gasteiger partial charge in [-0.05, 0) is 62.4 Å². The third-order valence-electron chi connectivity index (χ3n) is 3.58. The van der Waals surface area contributed by atoms with Crippen molar-refractivity contribution in [3.05, 3.63) is 59.7 Å². The van der Waals surface area contributed by atoms with Crippen molar-refractivity contribution >= 4 is 34.9 Å². The zero-order valence-corrected chi connectivity index (χ0v) is 15.1. The van der Waals surface area contributed by atoms with E-state index in [-0.39, 0.29) is 18.8 Å². The topological polar surface area (TPSA) is 102 Å². The second-order valence-corrected chi connectivity index (χ2v) is 5.70. The number of ketones is 1. The third-order valence-corrected chi connectivity index (χ3v) is 3.58. The summed E-state index contributed by atoms with van der Waals surface area (Å²) < 4.78 is 4.88. The van der Waals surface area contributed by atoms with E-state index in [2.05, 4.69) is 10.6 Å². The van der Waals surface area contributed by atoms with Crippen LogP contribution in [0.2, 0.25) is 0 Å². The largest absolute Gasteiger partial charge is 0.462 e. The minimum atomic E-state index is -0.489. The summed E-state index contributed by atoms with van der Waals surface area (Å²) >= 11 is 0. The van der Waals surface area contributed by atoms with E-state index in [0.717, 1.165) is 0 Å². The van der Waals surface area contributed by atoms with Crippen molar-refractivity contribution in [2.24, 2.45) is 0 Å². The number of Topliss-reactive ketones (excluding diaryl/α,β-unsaturated/α-hetero) is 1. The highest BCUT2D eigenvalue weighted by Gasteiger charge is 2.11. The molecule has 0 fully saturated rings. The lowest BCUT2D eigenvalue weighted by atomic mass is 10.1. The Hall–Kier alpha value is -3.48. The van der Waals surface area contributed by atoms with Gasteiger partial charge in [0.1, 0.15) is 6.42 Å². The minimum Gasteiger partial charge on any atom is -0.462 e. The lowest BCUT2D eigenvalue weighted by molar-refractivity contribution is -0.123. The number of carbonyl (C=O) groups is 4. The SMILES string of the molecule is CCOC(=O)c1ccc(NC(=O)CC(=O)Nc2ccc(C(C)=O)cc2)cc1. The molecule has 2 rings (SSSR count). The lowest BCUT2D eigenvalue weighted by Crippen LogP contribution is -2.21. The van der Waals surface area contributed by atoms with E-state index in [0.29, 0.717) is 22.5 Å². The molecule has 0 saturated heterocycles. The second-order valence-electron chi connectivity index (χ2n) is 5.70. The van der Waals surface area contributed by atoms with E-state index < -0.39 is 17.8 Å². The van der Waals surface area contributed by atoms with Crippen molar-refractivity contribution in [1.82, 2.24) is 0 Å². The maximum absolute atomic E-state index is 12.0. The van der Waals surface area contributed by atoms with Gasteiger partial charge in [0.2, 0.25) is 11.8 Å². The maximum atomic E-state index is 12.0. The first-order chi connectivity index (χ1) is 12.9. The number of ether oxygens (including phenoxy) is 1. The molecule has 0 unspecified atom stereocenters. The summed E-state index contributed by atoms with van der Waals surface area (Å²) in [6.07, 6.45) is -0.367. The van der Waals surface area contributed by atoms with Gasteiger partial charge in [-0.25, -0.2) is 4.79 Å². The molecule has 2 amide bonds.